The number of hydrogen-bond acceptors (Lipinski definition) is 4. The van der Waals surface area contributed by atoms with Gasteiger partial charge in [0.1, 0.15) is 10.6 Å². The molecule has 6 heteroatoms. The van der Waals surface area contributed by atoms with Gasteiger partial charge in [0.05, 0.1) is 6.04 Å². The van der Waals surface area contributed by atoms with Crippen LogP contribution in [0.3, 0.4) is 0 Å². The first kappa shape index (κ1) is 18.3. The van der Waals surface area contributed by atoms with Crippen LogP contribution in [0.5, 0.6) is 0 Å². The van der Waals surface area contributed by atoms with Crippen LogP contribution in [-0.4, -0.2) is 15.5 Å². The smallest absolute Gasteiger partial charge is 0.266 e. The molecular weight excluding hydrogens is 390 g/mol. The summed E-state index contributed by atoms with van der Waals surface area (Å²) in [4.78, 5) is 13.6. The second kappa shape index (κ2) is 8.33. The molecule has 0 bridgehead atoms. The summed E-state index contributed by atoms with van der Waals surface area (Å²) in [6, 6.07) is 26.7. The standard InChI is InChI=1S/C22H16ClN3OS/c23-18-13-11-17(12-14-18)20-21(28-26-25-20)22(27)24-19(15-7-3-1-4-8-15)16-9-5-2-6-10-16/h1-14,19H,(H,24,27). The number of amides is 1. The van der Waals surface area contributed by atoms with Crippen LogP contribution >= 0.6 is 23.1 Å². The molecule has 3 aromatic carbocycles. The highest BCUT2D eigenvalue weighted by atomic mass is 35.5. The second-order valence-corrected chi connectivity index (χ2v) is 7.38. The van der Waals surface area contributed by atoms with Crippen LogP contribution in [-0.2, 0) is 0 Å². The number of nitrogens with one attached hydrogen (secondary N) is 1. The van der Waals surface area contributed by atoms with Gasteiger partial charge in [-0.15, -0.1) is 5.10 Å². The Labute approximate surface area is 172 Å². The maximum absolute atomic E-state index is 13.1. The van der Waals surface area contributed by atoms with E-state index in [0.717, 1.165) is 28.2 Å². The number of aromatic nitrogens is 2. The van der Waals surface area contributed by atoms with Gasteiger partial charge in [-0.25, -0.2) is 0 Å². The van der Waals surface area contributed by atoms with Gasteiger partial charge >= 0.3 is 0 Å². The molecule has 28 heavy (non-hydrogen) atoms. The highest BCUT2D eigenvalue weighted by Crippen LogP contribution is 2.27. The summed E-state index contributed by atoms with van der Waals surface area (Å²) in [6.45, 7) is 0. The fraction of sp³-hybridized carbons (Fsp3) is 0.0455. The maximum atomic E-state index is 13.1. The van der Waals surface area contributed by atoms with Crippen molar-refractivity contribution < 1.29 is 4.79 Å². The Morgan fingerprint density at radius 2 is 1.43 bits per heavy atom. The van der Waals surface area contributed by atoms with Crippen molar-refractivity contribution in [2.75, 3.05) is 0 Å². The first-order chi connectivity index (χ1) is 13.7. The van der Waals surface area contributed by atoms with Crippen LogP contribution in [0.25, 0.3) is 11.3 Å². The molecule has 0 aliphatic carbocycles. The summed E-state index contributed by atoms with van der Waals surface area (Å²) in [6.07, 6.45) is 0. The monoisotopic (exact) mass is 405 g/mol. The molecule has 4 aromatic rings. The van der Waals surface area contributed by atoms with Crippen LogP contribution < -0.4 is 5.32 Å². The lowest BCUT2D eigenvalue weighted by Crippen LogP contribution is -2.29. The third-order valence-corrected chi connectivity index (χ3v) is 5.33. The van der Waals surface area contributed by atoms with Crippen LogP contribution in [0.1, 0.15) is 26.8 Å². The third kappa shape index (κ3) is 3.96. The highest BCUT2D eigenvalue weighted by molar-refractivity contribution is 7.08. The lowest BCUT2D eigenvalue weighted by atomic mass is 9.98. The van der Waals surface area contributed by atoms with Gasteiger partial charge in [0.2, 0.25) is 0 Å². The van der Waals surface area contributed by atoms with E-state index in [2.05, 4.69) is 14.9 Å². The van der Waals surface area contributed by atoms with Crippen LogP contribution in [0, 0.1) is 0 Å². The Bertz CT molecular complexity index is 1030. The quantitative estimate of drug-likeness (QED) is 0.485. The van der Waals surface area contributed by atoms with Crippen molar-refractivity contribution in [1.29, 1.82) is 0 Å². The zero-order chi connectivity index (χ0) is 19.3. The van der Waals surface area contributed by atoms with E-state index in [1.165, 1.54) is 0 Å². The van der Waals surface area contributed by atoms with Crippen LogP contribution in [0.4, 0.5) is 0 Å². The van der Waals surface area contributed by atoms with Crippen molar-refractivity contribution in [3.05, 3.63) is 106 Å². The van der Waals surface area contributed by atoms with Gasteiger partial charge < -0.3 is 5.32 Å². The van der Waals surface area contributed by atoms with Crippen LogP contribution in [0.2, 0.25) is 5.02 Å². The number of hydrogen-bond donors (Lipinski definition) is 1. The zero-order valence-corrected chi connectivity index (χ0v) is 16.3. The summed E-state index contributed by atoms with van der Waals surface area (Å²) in [5.41, 5.74) is 3.37. The van der Waals surface area contributed by atoms with E-state index in [1.54, 1.807) is 12.1 Å². The zero-order valence-electron chi connectivity index (χ0n) is 14.7. The average Bonchev–Trinajstić information content (AvgIpc) is 3.24. The topological polar surface area (TPSA) is 54.9 Å². The van der Waals surface area contributed by atoms with E-state index in [4.69, 9.17) is 11.6 Å². The number of rotatable bonds is 5. The molecule has 4 nitrogen and oxygen atoms in total. The van der Waals surface area contributed by atoms with E-state index in [0.29, 0.717) is 15.6 Å². The summed E-state index contributed by atoms with van der Waals surface area (Å²) in [5.74, 6) is -0.211. The van der Waals surface area contributed by atoms with Crippen molar-refractivity contribution in [3.63, 3.8) is 0 Å². The van der Waals surface area contributed by atoms with E-state index in [9.17, 15) is 4.79 Å². The van der Waals surface area contributed by atoms with Gasteiger partial charge in [0, 0.05) is 10.6 Å². The number of benzene rings is 3. The molecule has 0 fully saturated rings. The number of carbonyl (C=O) groups is 1. The second-order valence-electron chi connectivity index (χ2n) is 6.19. The number of carbonyl (C=O) groups excluding carboxylic acids is 1. The maximum Gasteiger partial charge on any atom is 0.266 e. The first-order valence-corrected chi connectivity index (χ1v) is 9.86. The minimum absolute atomic E-state index is 0.211. The van der Waals surface area contributed by atoms with Crippen molar-refractivity contribution in [2.45, 2.75) is 6.04 Å². The summed E-state index contributed by atoms with van der Waals surface area (Å²) in [5, 5.41) is 7.92. The first-order valence-electron chi connectivity index (χ1n) is 8.71. The fourth-order valence-electron chi connectivity index (χ4n) is 2.98. The molecule has 0 atom stereocenters. The molecule has 1 aromatic heterocycles. The van der Waals surface area contributed by atoms with E-state index >= 15 is 0 Å². The predicted molar refractivity (Wildman–Crippen MR) is 113 cm³/mol. The Morgan fingerprint density at radius 1 is 0.857 bits per heavy atom. The molecule has 0 unspecified atom stereocenters. The van der Waals surface area contributed by atoms with Gasteiger partial charge in [0.15, 0.2) is 0 Å². The van der Waals surface area contributed by atoms with Gasteiger partial charge in [-0.05, 0) is 34.8 Å². The molecule has 0 radical (unpaired) electrons. The molecule has 1 heterocycles. The lowest BCUT2D eigenvalue weighted by Gasteiger charge is -2.19. The third-order valence-electron chi connectivity index (χ3n) is 4.35. The highest BCUT2D eigenvalue weighted by Gasteiger charge is 2.22. The molecular formula is C22H16ClN3OS. The molecule has 0 saturated heterocycles. The lowest BCUT2D eigenvalue weighted by molar-refractivity contribution is 0.0947. The summed E-state index contributed by atoms with van der Waals surface area (Å²) in [7, 11) is 0. The Morgan fingerprint density at radius 3 is 2.00 bits per heavy atom. The largest absolute Gasteiger partial charge is 0.340 e. The minimum Gasteiger partial charge on any atom is -0.340 e. The average molecular weight is 406 g/mol. The number of nitrogens with zero attached hydrogens (tertiary/aromatic N) is 2. The van der Waals surface area contributed by atoms with Gasteiger partial charge in [-0.2, -0.15) is 0 Å². The molecule has 0 aliphatic heterocycles. The van der Waals surface area contributed by atoms with Crippen LogP contribution in [0.15, 0.2) is 84.9 Å². The van der Waals surface area contributed by atoms with Crippen molar-refractivity contribution in [2.24, 2.45) is 0 Å². The SMILES string of the molecule is O=C(NC(c1ccccc1)c1ccccc1)c1snnc1-c1ccc(Cl)cc1. The van der Waals surface area contributed by atoms with E-state index in [-0.39, 0.29) is 11.9 Å². The molecule has 1 amide bonds. The molecule has 0 saturated carbocycles. The molecule has 4 rings (SSSR count). The number of halogens is 1. The summed E-state index contributed by atoms with van der Waals surface area (Å²) >= 11 is 7.05. The van der Waals surface area contributed by atoms with Gasteiger partial charge in [-0.1, -0.05) is 88.9 Å². The normalized spacial score (nSPS) is 10.8. The Hall–Kier alpha value is -3.02. The van der Waals surface area contributed by atoms with Gasteiger partial charge in [0.25, 0.3) is 5.91 Å². The van der Waals surface area contributed by atoms with Crippen molar-refractivity contribution in [1.82, 2.24) is 14.9 Å². The van der Waals surface area contributed by atoms with Crippen molar-refractivity contribution in [3.8, 4) is 11.3 Å². The molecule has 0 aliphatic rings. The van der Waals surface area contributed by atoms with Gasteiger partial charge in [-0.3, -0.25) is 4.79 Å². The Balaban J connectivity index is 1.66. The Kier molecular flexibility index (Phi) is 5.46. The molecule has 138 valence electrons. The van der Waals surface area contributed by atoms with E-state index in [1.807, 2.05) is 72.8 Å². The fourth-order valence-corrected chi connectivity index (χ4v) is 3.70. The summed E-state index contributed by atoms with van der Waals surface area (Å²) < 4.78 is 3.99. The van der Waals surface area contributed by atoms with Crippen molar-refractivity contribution >= 4 is 29.0 Å². The minimum atomic E-state index is -0.268. The molecule has 1 N–H and O–H groups in total. The predicted octanol–water partition coefficient (Wildman–Crippen LogP) is 5.38. The van der Waals surface area contributed by atoms with E-state index < -0.39 is 0 Å². The molecule has 0 spiro atoms.